The molecule has 0 aliphatic rings. The highest BCUT2D eigenvalue weighted by Gasteiger charge is 2.37. The van der Waals surface area contributed by atoms with Crippen molar-refractivity contribution in [3.63, 3.8) is 0 Å². The molecule has 1 rings (SSSR count). The van der Waals surface area contributed by atoms with Crippen molar-refractivity contribution in [2.24, 2.45) is 11.3 Å². The van der Waals surface area contributed by atoms with Gasteiger partial charge in [0.1, 0.15) is 5.82 Å². The van der Waals surface area contributed by atoms with Crippen LogP contribution in [0.15, 0.2) is 18.2 Å². The van der Waals surface area contributed by atoms with Gasteiger partial charge in [0.15, 0.2) is 0 Å². The van der Waals surface area contributed by atoms with Crippen molar-refractivity contribution in [2.75, 3.05) is 0 Å². The van der Waals surface area contributed by atoms with E-state index in [9.17, 15) is 14.3 Å². The van der Waals surface area contributed by atoms with E-state index in [0.717, 1.165) is 0 Å². The van der Waals surface area contributed by atoms with Crippen LogP contribution in [0.1, 0.15) is 26.3 Å². The Balaban J connectivity index is 3.11. The summed E-state index contributed by atoms with van der Waals surface area (Å²) in [5.41, 5.74) is -0.414. The molecule has 1 N–H and O–H groups in total. The molecule has 0 saturated carbocycles. The Morgan fingerprint density at radius 3 is 2.59 bits per heavy atom. The minimum Gasteiger partial charge on any atom is -0.481 e. The van der Waals surface area contributed by atoms with Crippen LogP contribution in [-0.4, -0.2) is 11.1 Å². The largest absolute Gasteiger partial charge is 0.481 e. The monoisotopic (exact) mass is 258 g/mol. The van der Waals surface area contributed by atoms with Crippen LogP contribution in [0.25, 0.3) is 0 Å². The molecule has 17 heavy (non-hydrogen) atoms. The fraction of sp³-hybridized carbons (Fsp3) is 0.462. The van der Waals surface area contributed by atoms with Gasteiger partial charge in [0.2, 0.25) is 0 Å². The third-order valence-corrected chi connectivity index (χ3v) is 3.78. The molecule has 0 radical (unpaired) electrons. The Bertz CT molecular complexity index is 431. The van der Waals surface area contributed by atoms with Crippen molar-refractivity contribution in [3.8, 4) is 0 Å². The van der Waals surface area contributed by atoms with Gasteiger partial charge in [-0.05, 0) is 30.9 Å². The zero-order valence-electron chi connectivity index (χ0n) is 10.1. The zero-order valence-corrected chi connectivity index (χ0v) is 10.9. The SMILES string of the molecule is CC(C)C(C)(Cc1cccc(F)c1Cl)C(=O)O. The van der Waals surface area contributed by atoms with E-state index < -0.39 is 17.2 Å². The summed E-state index contributed by atoms with van der Waals surface area (Å²) >= 11 is 5.84. The third-order valence-electron chi connectivity index (χ3n) is 3.35. The van der Waals surface area contributed by atoms with Crippen LogP contribution in [-0.2, 0) is 11.2 Å². The van der Waals surface area contributed by atoms with Gasteiger partial charge >= 0.3 is 5.97 Å². The lowest BCUT2D eigenvalue weighted by Gasteiger charge is -2.29. The van der Waals surface area contributed by atoms with Crippen molar-refractivity contribution in [1.82, 2.24) is 0 Å². The highest BCUT2D eigenvalue weighted by Crippen LogP contribution is 2.34. The van der Waals surface area contributed by atoms with Crippen molar-refractivity contribution in [2.45, 2.75) is 27.2 Å². The second kappa shape index (κ2) is 5.05. The number of hydrogen-bond donors (Lipinski definition) is 1. The summed E-state index contributed by atoms with van der Waals surface area (Å²) in [5, 5.41) is 9.30. The average Bonchev–Trinajstić information content (AvgIpc) is 2.24. The number of aliphatic carboxylic acids is 1. The molecular weight excluding hydrogens is 243 g/mol. The lowest BCUT2D eigenvalue weighted by atomic mass is 9.74. The molecule has 1 aromatic rings. The Morgan fingerprint density at radius 2 is 2.12 bits per heavy atom. The molecule has 1 atom stereocenters. The van der Waals surface area contributed by atoms with Gasteiger partial charge in [-0.2, -0.15) is 0 Å². The number of carboxylic acid groups (broad SMARTS) is 1. The van der Waals surface area contributed by atoms with Gasteiger partial charge in [-0.15, -0.1) is 0 Å². The van der Waals surface area contributed by atoms with E-state index in [0.29, 0.717) is 5.56 Å². The molecule has 0 saturated heterocycles. The predicted molar refractivity (Wildman–Crippen MR) is 65.7 cm³/mol. The maximum atomic E-state index is 13.3. The van der Waals surface area contributed by atoms with Crippen molar-refractivity contribution >= 4 is 17.6 Å². The molecule has 0 aliphatic heterocycles. The second-order valence-electron chi connectivity index (χ2n) is 4.77. The van der Waals surface area contributed by atoms with E-state index in [1.165, 1.54) is 6.07 Å². The van der Waals surface area contributed by atoms with Gasteiger partial charge in [-0.25, -0.2) is 4.39 Å². The third kappa shape index (κ3) is 2.78. The van der Waals surface area contributed by atoms with Crippen LogP contribution in [0.5, 0.6) is 0 Å². The Hall–Kier alpha value is -1.09. The first-order valence-electron chi connectivity index (χ1n) is 5.45. The molecule has 0 heterocycles. The molecular formula is C13H16ClFO2. The van der Waals surface area contributed by atoms with Crippen LogP contribution < -0.4 is 0 Å². The van der Waals surface area contributed by atoms with E-state index in [-0.39, 0.29) is 17.4 Å². The minimum atomic E-state index is -0.947. The number of carbonyl (C=O) groups is 1. The zero-order chi connectivity index (χ0) is 13.2. The molecule has 0 amide bonds. The molecule has 1 unspecified atom stereocenters. The molecule has 0 aromatic heterocycles. The van der Waals surface area contributed by atoms with Crippen molar-refractivity contribution < 1.29 is 14.3 Å². The standard InChI is InChI=1S/C13H16ClFO2/c1-8(2)13(3,12(16)17)7-9-5-4-6-10(15)11(9)14/h4-6,8H,7H2,1-3H3,(H,16,17). The fourth-order valence-electron chi connectivity index (χ4n) is 1.61. The van der Waals surface area contributed by atoms with E-state index >= 15 is 0 Å². The summed E-state index contributed by atoms with van der Waals surface area (Å²) < 4.78 is 13.3. The van der Waals surface area contributed by atoms with Crippen molar-refractivity contribution in [1.29, 1.82) is 0 Å². The topological polar surface area (TPSA) is 37.3 Å². The van der Waals surface area contributed by atoms with Gasteiger partial charge < -0.3 is 5.11 Å². The number of hydrogen-bond acceptors (Lipinski definition) is 1. The van der Waals surface area contributed by atoms with Gasteiger partial charge in [-0.1, -0.05) is 37.6 Å². The normalized spacial score (nSPS) is 14.7. The molecule has 1 aromatic carbocycles. The van der Waals surface area contributed by atoms with E-state index in [4.69, 9.17) is 11.6 Å². The van der Waals surface area contributed by atoms with Crippen LogP contribution in [0.3, 0.4) is 0 Å². The minimum absolute atomic E-state index is 0.0145. The van der Waals surface area contributed by atoms with Crippen LogP contribution in [0.4, 0.5) is 4.39 Å². The maximum absolute atomic E-state index is 13.3. The Morgan fingerprint density at radius 1 is 1.53 bits per heavy atom. The molecule has 94 valence electrons. The fourth-order valence-corrected chi connectivity index (χ4v) is 1.80. The summed E-state index contributed by atoms with van der Waals surface area (Å²) in [6.07, 6.45) is 0.219. The quantitative estimate of drug-likeness (QED) is 0.893. The smallest absolute Gasteiger partial charge is 0.309 e. The maximum Gasteiger partial charge on any atom is 0.309 e. The van der Waals surface area contributed by atoms with Gasteiger partial charge in [0.05, 0.1) is 10.4 Å². The van der Waals surface area contributed by atoms with Gasteiger partial charge in [0, 0.05) is 0 Å². The lowest BCUT2D eigenvalue weighted by Crippen LogP contribution is -2.35. The van der Waals surface area contributed by atoms with E-state index in [1.807, 2.05) is 13.8 Å². The number of benzene rings is 1. The molecule has 4 heteroatoms. The van der Waals surface area contributed by atoms with Crippen LogP contribution in [0, 0.1) is 17.2 Å². The lowest BCUT2D eigenvalue weighted by molar-refractivity contribution is -0.150. The number of rotatable bonds is 4. The summed E-state index contributed by atoms with van der Waals surface area (Å²) in [5.74, 6) is -1.48. The first-order chi connectivity index (χ1) is 7.79. The first kappa shape index (κ1) is 14.0. The average molecular weight is 259 g/mol. The summed E-state index contributed by atoms with van der Waals surface area (Å²) in [6.45, 7) is 5.32. The van der Waals surface area contributed by atoms with E-state index in [2.05, 4.69) is 0 Å². The molecule has 2 nitrogen and oxygen atoms in total. The Kier molecular flexibility index (Phi) is 4.15. The first-order valence-corrected chi connectivity index (χ1v) is 5.83. The molecule has 0 bridgehead atoms. The van der Waals surface area contributed by atoms with Gasteiger partial charge in [-0.3, -0.25) is 4.79 Å². The summed E-state index contributed by atoms with van der Waals surface area (Å²) in [4.78, 5) is 11.3. The summed E-state index contributed by atoms with van der Waals surface area (Å²) in [6, 6.07) is 4.47. The highest BCUT2D eigenvalue weighted by molar-refractivity contribution is 6.31. The van der Waals surface area contributed by atoms with Crippen LogP contribution >= 0.6 is 11.6 Å². The Labute approximate surface area is 105 Å². The predicted octanol–water partition coefficient (Wildman–Crippen LogP) is 3.77. The highest BCUT2D eigenvalue weighted by atomic mass is 35.5. The second-order valence-corrected chi connectivity index (χ2v) is 5.15. The van der Waals surface area contributed by atoms with E-state index in [1.54, 1.807) is 19.1 Å². The molecule has 0 aliphatic carbocycles. The van der Waals surface area contributed by atoms with Crippen molar-refractivity contribution in [3.05, 3.63) is 34.6 Å². The number of halogens is 2. The molecule has 0 fully saturated rings. The van der Waals surface area contributed by atoms with Crippen LogP contribution in [0.2, 0.25) is 5.02 Å². The summed E-state index contributed by atoms with van der Waals surface area (Å²) in [7, 11) is 0. The molecule has 0 spiro atoms. The number of carboxylic acids is 1. The van der Waals surface area contributed by atoms with Gasteiger partial charge in [0.25, 0.3) is 0 Å².